The number of hydrogen-bond acceptors (Lipinski definition) is 6. The molecule has 27 heavy (non-hydrogen) atoms. The zero-order valence-electron chi connectivity index (χ0n) is 16.4. The third-order valence-electron chi connectivity index (χ3n) is 5.34. The van der Waals surface area contributed by atoms with Crippen LogP contribution in [0.15, 0.2) is 24.8 Å². The Morgan fingerprint density at radius 3 is 2.78 bits per heavy atom. The largest absolute Gasteiger partial charge is 0.356 e. The molecule has 3 aromatic heterocycles. The van der Waals surface area contributed by atoms with E-state index in [-0.39, 0.29) is 0 Å². The van der Waals surface area contributed by atoms with Gasteiger partial charge in [0.05, 0.1) is 5.39 Å². The normalized spacial score (nSPS) is 15.9. The highest BCUT2D eigenvalue weighted by Crippen LogP contribution is 2.34. The van der Waals surface area contributed by atoms with Gasteiger partial charge in [-0.1, -0.05) is 0 Å². The van der Waals surface area contributed by atoms with Gasteiger partial charge in [0, 0.05) is 42.8 Å². The van der Waals surface area contributed by atoms with Crippen LogP contribution in [-0.4, -0.2) is 58.1 Å². The molecule has 1 aliphatic heterocycles. The van der Waals surface area contributed by atoms with Crippen LogP contribution in [0.2, 0.25) is 0 Å². The Hall–Kier alpha value is -1.99. The van der Waals surface area contributed by atoms with Gasteiger partial charge in [-0.25, -0.2) is 15.0 Å². The molecule has 0 amide bonds. The van der Waals surface area contributed by atoms with Crippen LogP contribution in [0.5, 0.6) is 0 Å². The number of anilines is 1. The van der Waals surface area contributed by atoms with Crippen molar-refractivity contribution in [2.45, 2.75) is 38.6 Å². The number of rotatable bonds is 6. The van der Waals surface area contributed by atoms with Gasteiger partial charge in [0.15, 0.2) is 0 Å². The van der Waals surface area contributed by atoms with Crippen molar-refractivity contribution in [1.82, 2.24) is 24.4 Å². The molecule has 0 N–H and O–H groups in total. The molecule has 6 nitrogen and oxygen atoms in total. The number of thiophene rings is 1. The van der Waals surface area contributed by atoms with E-state index in [9.17, 15) is 0 Å². The summed E-state index contributed by atoms with van der Waals surface area (Å²) in [5.41, 5.74) is 0. The van der Waals surface area contributed by atoms with Crippen LogP contribution in [0.4, 0.5) is 5.82 Å². The summed E-state index contributed by atoms with van der Waals surface area (Å²) in [5.74, 6) is 2.89. The molecular formula is C20H28N6S. The summed E-state index contributed by atoms with van der Waals surface area (Å²) in [6.07, 6.45) is 9.21. The summed E-state index contributed by atoms with van der Waals surface area (Å²) in [5, 5.41) is 1.20. The first-order valence-corrected chi connectivity index (χ1v) is 10.6. The van der Waals surface area contributed by atoms with Crippen LogP contribution in [0.1, 0.15) is 35.9 Å². The monoisotopic (exact) mass is 384 g/mol. The number of aryl methyl sites for hydroxylation is 2. The second kappa shape index (κ2) is 7.94. The number of hydrogen-bond donors (Lipinski definition) is 0. The summed E-state index contributed by atoms with van der Waals surface area (Å²) in [7, 11) is 4.26. The van der Waals surface area contributed by atoms with Crippen LogP contribution in [-0.2, 0) is 6.54 Å². The van der Waals surface area contributed by atoms with Crippen molar-refractivity contribution < 1.29 is 0 Å². The summed E-state index contributed by atoms with van der Waals surface area (Å²) in [6, 6.07) is 2.22. The molecule has 0 aromatic carbocycles. The van der Waals surface area contributed by atoms with Gasteiger partial charge in [-0.05, 0) is 52.9 Å². The first kappa shape index (κ1) is 18.4. The fourth-order valence-corrected chi connectivity index (χ4v) is 4.83. The first-order valence-electron chi connectivity index (χ1n) is 9.73. The predicted octanol–water partition coefficient (Wildman–Crippen LogP) is 3.53. The molecule has 0 saturated carbocycles. The summed E-state index contributed by atoms with van der Waals surface area (Å²) in [6.45, 7) is 6.35. The summed E-state index contributed by atoms with van der Waals surface area (Å²) >= 11 is 1.75. The van der Waals surface area contributed by atoms with E-state index < -0.39 is 0 Å². The number of imidazole rings is 1. The van der Waals surface area contributed by atoms with E-state index in [4.69, 9.17) is 4.98 Å². The molecule has 0 aliphatic carbocycles. The van der Waals surface area contributed by atoms with Crippen molar-refractivity contribution in [2.75, 3.05) is 38.6 Å². The molecule has 144 valence electrons. The van der Waals surface area contributed by atoms with Gasteiger partial charge < -0.3 is 14.4 Å². The molecule has 7 heteroatoms. The highest BCUT2D eigenvalue weighted by atomic mass is 32.1. The second-order valence-corrected chi connectivity index (χ2v) is 8.90. The SMILES string of the molecule is Cc1cc2c(N3CCC(c4nccn4CCCN(C)C)CC3)ncnc2s1. The van der Waals surface area contributed by atoms with Crippen molar-refractivity contribution in [3.63, 3.8) is 0 Å². The van der Waals surface area contributed by atoms with Crippen LogP contribution >= 0.6 is 11.3 Å². The minimum Gasteiger partial charge on any atom is -0.356 e. The molecule has 4 heterocycles. The highest BCUT2D eigenvalue weighted by molar-refractivity contribution is 7.18. The van der Waals surface area contributed by atoms with Gasteiger partial charge in [0.2, 0.25) is 0 Å². The summed E-state index contributed by atoms with van der Waals surface area (Å²) < 4.78 is 2.36. The Bertz CT molecular complexity index is 891. The van der Waals surface area contributed by atoms with Gasteiger partial charge in [-0.3, -0.25) is 0 Å². The van der Waals surface area contributed by atoms with Gasteiger partial charge in [0.25, 0.3) is 0 Å². The van der Waals surface area contributed by atoms with E-state index >= 15 is 0 Å². The van der Waals surface area contributed by atoms with Gasteiger partial charge >= 0.3 is 0 Å². The molecule has 3 aromatic rings. The van der Waals surface area contributed by atoms with Crippen molar-refractivity contribution in [3.8, 4) is 0 Å². The molecule has 0 spiro atoms. The van der Waals surface area contributed by atoms with Crippen LogP contribution in [0.3, 0.4) is 0 Å². The third kappa shape index (κ3) is 3.99. The number of fused-ring (bicyclic) bond motifs is 1. The molecule has 1 fully saturated rings. The molecule has 0 atom stereocenters. The lowest BCUT2D eigenvalue weighted by atomic mass is 9.95. The van der Waals surface area contributed by atoms with E-state index in [0.717, 1.165) is 56.1 Å². The lowest BCUT2D eigenvalue weighted by molar-refractivity contribution is 0.380. The van der Waals surface area contributed by atoms with E-state index in [2.05, 4.69) is 57.6 Å². The van der Waals surface area contributed by atoms with Gasteiger partial charge in [-0.15, -0.1) is 11.3 Å². The molecule has 0 bridgehead atoms. The van der Waals surface area contributed by atoms with Crippen molar-refractivity contribution in [2.24, 2.45) is 0 Å². The maximum Gasteiger partial charge on any atom is 0.140 e. The maximum atomic E-state index is 4.70. The standard InChI is InChI=1S/C20H28N6S/c1-15-13-17-19(22-14-23-20(17)27-15)26-10-5-16(6-11-26)18-21-7-12-25(18)9-4-8-24(2)3/h7,12-14,16H,4-6,8-11H2,1-3H3. The summed E-state index contributed by atoms with van der Waals surface area (Å²) in [4.78, 5) is 20.8. The zero-order chi connectivity index (χ0) is 18.8. The van der Waals surface area contributed by atoms with Crippen LogP contribution in [0.25, 0.3) is 10.2 Å². The zero-order valence-corrected chi connectivity index (χ0v) is 17.2. The van der Waals surface area contributed by atoms with E-state index in [1.165, 1.54) is 16.1 Å². The fraction of sp³-hybridized carbons (Fsp3) is 0.550. The van der Waals surface area contributed by atoms with E-state index in [1.54, 1.807) is 17.7 Å². The lowest BCUT2D eigenvalue weighted by Gasteiger charge is -2.33. The van der Waals surface area contributed by atoms with Crippen molar-refractivity contribution >= 4 is 27.4 Å². The van der Waals surface area contributed by atoms with Gasteiger partial charge in [0.1, 0.15) is 22.8 Å². The Balaban J connectivity index is 1.43. The average Bonchev–Trinajstić information content (AvgIpc) is 3.27. The third-order valence-corrected chi connectivity index (χ3v) is 6.30. The van der Waals surface area contributed by atoms with Crippen molar-refractivity contribution in [3.05, 3.63) is 35.5 Å². The van der Waals surface area contributed by atoms with Crippen molar-refractivity contribution in [1.29, 1.82) is 0 Å². The second-order valence-electron chi connectivity index (χ2n) is 7.67. The first-order chi connectivity index (χ1) is 13.1. The minimum atomic E-state index is 0.539. The van der Waals surface area contributed by atoms with Crippen LogP contribution in [0, 0.1) is 6.92 Å². The Morgan fingerprint density at radius 1 is 1.19 bits per heavy atom. The number of aromatic nitrogens is 4. The average molecular weight is 385 g/mol. The lowest BCUT2D eigenvalue weighted by Crippen LogP contribution is -2.34. The highest BCUT2D eigenvalue weighted by Gasteiger charge is 2.25. The predicted molar refractivity (Wildman–Crippen MR) is 112 cm³/mol. The van der Waals surface area contributed by atoms with E-state index in [0.29, 0.717) is 5.92 Å². The molecule has 0 radical (unpaired) electrons. The molecule has 1 aliphatic rings. The fourth-order valence-electron chi connectivity index (χ4n) is 3.99. The molecule has 1 saturated heterocycles. The quantitative estimate of drug-likeness (QED) is 0.651. The molecule has 4 rings (SSSR count). The van der Waals surface area contributed by atoms with Gasteiger partial charge in [-0.2, -0.15) is 0 Å². The number of nitrogens with zero attached hydrogens (tertiary/aromatic N) is 6. The minimum absolute atomic E-state index is 0.539. The molecular weight excluding hydrogens is 356 g/mol. The topological polar surface area (TPSA) is 50.1 Å². The Kier molecular flexibility index (Phi) is 5.41. The van der Waals surface area contributed by atoms with E-state index in [1.807, 2.05) is 6.20 Å². The smallest absolute Gasteiger partial charge is 0.140 e. The number of piperidine rings is 1. The Morgan fingerprint density at radius 2 is 2.00 bits per heavy atom. The molecule has 0 unspecified atom stereocenters. The maximum absolute atomic E-state index is 4.70. The Labute approximate surface area is 164 Å². The van der Waals surface area contributed by atoms with Crippen LogP contribution < -0.4 is 4.90 Å².